The molecule has 0 saturated carbocycles. The molecule has 0 amide bonds. The average molecular weight is 563 g/mol. The molecule has 0 atom stereocenters. The van der Waals surface area contributed by atoms with Gasteiger partial charge in [0.05, 0.1) is 0 Å². The molecule has 7 aromatic carbocycles. The van der Waals surface area contributed by atoms with Crippen molar-refractivity contribution in [1.82, 2.24) is 0 Å². The van der Waals surface area contributed by atoms with Crippen LogP contribution in [0, 0.1) is 0 Å². The van der Waals surface area contributed by atoms with E-state index in [1.807, 2.05) is 0 Å². The predicted molar refractivity (Wildman–Crippen MR) is 187 cm³/mol. The molecule has 9 rings (SSSR count). The maximum Gasteiger partial charge on any atom is 0.0159 e. The van der Waals surface area contributed by atoms with Crippen LogP contribution in [0.25, 0.3) is 66.1 Å². The number of hydrogen-bond acceptors (Lipinski definition) is 0. The Balaban J connectivity index is 1.10. The fraction of sp³-hybridized carbons (Fsp3) is 0.136. The van der Waals surface area contributed by atoms with Crippen LogP contribution in [0.4, 0.5) is 0 Å². The Bertz CT molecular complexity index is 2330. The first-order valence-electron chi connectivity index (χ1n) is 15.8. The molecule has 0 nitrogen and oxygen atoms in total. The number of rotatable bonds is 2. The second-order valence-electron chi connectivity index (χ2n) is 13.8. The zero-order valence-electron chi connectivity index (χ0n) is 25.7. The Morgan fingerprint density at radius 1 is 0.295 bits per heavy atom. The molecule has 0 radical (unpaired) electrons. The normalized spacial score (nSPS) is 15.2. The molecule has 0 bridgehead atoms. The van der Waals surface area contributed by atoms with Crippen molar-refractivity contribution >= 4 is 21.5 Å². The SMILES string of the molecule is CC1(C)c2ccccc2-c2cc3c(cc21)-c1ccc(-c2ccc4cc(-c5ccc6ccccc6c5)ccc4c2)cc1C3(C)C. The molecule has 0 N–H and O–H groups in total. The van der Waals surface area contributed by atoms with Crippen molar-refractivity contribution in [3.63, 3.8) is 0 Å². The van der Waals surface area contributed by atoms with E-state index in [0.717, 1.165) is 0 Å². The fourth-order valence-corrected chi connectivity index (χ4v) is 8.08. The molecule has 0 heterocycles. The molecule has 0 aromatic heterocycles. The van der Waals surface area contributed by atoms with Gasteiger partial charge in [-0.15, -0.1) is 0 Å². The zero-order valence-corrected chi connectivity index (χ0v) is 25.7. The summed E-state index contributed by atoms with van der Waals surface area (Å²) in [5.74, 6) is 0. The van der Waals surface area contributed by atoms with Crippen molar-refractivity contribution in [3.8, 4) is 44.5 Å². The highest BCUT2D eigenvalue weighted by molar-refractivity contribution is 5.94. The molecule has 7 aromatic rings. The largest absolute Gasteiger partial charge is 0.0619 e. The summed E-state index contributed by atoms with van der Waals surface area (Å²) in [6.45, 7) is 9.54. The smallest absolute Gasteiger partial charge is 0.0159 e. The lowest BCUT2D eigenvalue weighted by molar-refractivity contribution is 0.652. The van der Waals surface area contributed by atoms with Gasteiger partial charge in [0.15, 0.2) is 0 Å². The molecule has 2 aliphatic rings. The van der Waals surface area contributed by atoms with Crippen LogP contribution >= 0.6 is 0 Å². The highest BCUT2D eigenvalue weighted by Gasteiger charge is 2.41. The van der Waals surface area contributed by atoms with Gasteiger partial charge >= 0.3 is 0 Å². The summed E-state index contributed by atoms with van der Waals surface area (Å²) in [5, 5.41) is 5.10. The van der Waals surface area contributed by atoms with Crippen LogP contribution in [0.3, 0.4) is 0 Å². The van der Waals surface area contributed by atoms with Gasteiger partial charge in [0.1, 0.15) is 0 Å². The van der Waals surface area contributed by atoms with Crippen molar-refractivity contribution < 1.29 is 0 Å². The van der Waals surface area contributed by atoms with E-state index < -0.39 is 0 Å². The van der Waals surface area contributed by atoms with Gasteiger partial charge < -0.3 is 0 Å². The summed E-state index contributed by atoms with van der Waals surface area (Å²) in [6, 6.07) is 50.2. The summed E-state index contributed by atoms with van der Waals surface area (Å²) in [5.41, 5.74) is 16.3. The fourth-order valence-electron chi connectivity index (χ4n) is 8.08. The first-order chi connectivity index (χ1) is 21.3. The van der Waals surface area contributed by atoms with Crippen molar-refractivity contribution in [2.24, 2.45) is 0 Å². The van der Waals surface area contributed by atoms with Crippen LogP contribution in [-0.4, -0.2) is 0 Å². The van der Waals surface area contributed by atoms with E-state index >= 15 is 0 Å². The Morgan fingerprint density at radius 3 is 1.34 bits per heavy atom. The summed E-state index contributed by atoms with van der Waals surface area (Å²) < 4.78 is 0. The van der Waals surface area contributed by atoms with Gasteiger partial charge in [-0.2, -0.15) is 0 Å². The maximum atomic E-state index is 2.50. The van der Waals surface area contributed by atoms with Crippen LogP contribution in [0.15, 0.2) is 133 Å². The third kappa shape index (κ3) is 3.52. The Labute approximate surface area is 259 Å². The lowest BCUT2D eigenvalue weighted by atomic mass is 9.79. The van der Waals surface area contributed by atoms with Crippen LogP contribution in [0.2, 0.25) is 0 Å². The minimum absolute atomic E-state index is 0.00700. The molecular formula is C44H34. The minimum atomic E-state index is -0.0665. The lowest BCUT2D eigenvalue weighted by Crippen LogP contribution is -2.17. The second-order valence-corrected chi connectivity index (χ2v) is 13.8. The molecule has 210 valence electrons. The van der Waals surface area contributed by atoms with Crippen LogP contribution in [0.5, 0.6) is 0 Å². The Hall–Kier alpha value is -4.94. The Kier molecular flexibility index (Phi) is 5.11. The molecule has 0 fully saturated rings. The van der Waals surface area contributed by atoms with Gasteiger partial charge in [-0.1, -0.05) is 125 Å². The molecule has 0 spiro atoms. The molecule has 44 heavy (non-hydrogen) atoms. The van der Waals surface area contributed by atoms with E-state index in [9.17, 15) is 0 Å². The van der Waals surface area contributed by atoms with Gasteiger partial charge in [-0.25, -0.2) is 0 Å². The minimum Gasteiger partial charge on any atom is -0.0619 e. The quantitative estimate of drug-likeness (QED) is 0.197. The van der Waals surface area contributed by atoms with Gasteiger partial charge in [0.25, 0.3) is 0 Å². The third-order valence-electron chi connectivity index (χ3n) is 10.6. The summed E-state index contributed by atoms with van der Waals surface area (Å²) in [4.78, 5) is 0. The molecular weight excluding hydrogens is 528 g/mol. The monoisotopic (exact) mass is 562 g/mol. The summed E-state index contributed by atoms with van der Waals surface area (Å²) in [7, 11) is 0. The third-order valence-corrected chi connectivity index (χ3v) is 10.6. The topological polar surface area (TPSA) is 0 Å². The van der Waals surface area contributed by atoms with Crippen molar-refractivity contribution in [2.75, 3.05) is 0 Å². The van der Waals surface area contributed by atoms with E-state index in [4.69, 9.17) is 0 Å². The molecule has 2 aliphatic carbocycles. The van der Waals surface area contributed by atoms with E-state index in [-0.39, 0.29) is 10.8 Å². The molecule has 0 heteroatoms. The van der Waals surface area contributed by atoms with E-state index in [1.165, 1.54) is 88.3 Å². The van der Waals surface area contributed by atoms with Crippen LogP contribution < -0.4 is 0 Å². The zero-order chi connectivity index (χ0) is 29.8. The number of benzene rings is 7. The predicted octanol–water partition coefficient (Wildman–Crippen LogP) is 11.9. The van der Waals surface area contributed by atoms with E-state index in [2.05, 4.69) is 161 Å². The van der Waals surface area contributed by atoms with Crippen molar-refractivity contribution in [3.05, 3.63) is 156 Å². The van der Waals surface area contributed by atoms with Gasteiger partial charge in [0.2, 0.25) is 0 Å². The first kappa shape index (κ1) is 25.5. The van der Waals surface area contributed by atoms with Gasteiger partial charge in [-0.3, -0.25) is 0 Å². The highest BCUT2D eigenvalue weighted by atomic mass is 14.4. The number of hydrogen-bond donors (Lipinski definition) is 0. The first-order valence-corrected chi connectivity index (χ1v) is 15.8. The van der Waals surface area contributed by atoms with Gasteiger partial charge in [-0.05, 0) is 125 Å². The standard InChI is InChI=1S/C44H34/c1-43(2)39-12-8-7-11-35(39)37-25-42-38(26-41(37)43)36-20-19-34(24-40(36)44(42,3)4)33-18-17-31-22-30(15-16-32(31)23-33)29-14-13-27-9-5-6-10-28(27)21-29/h5-26H,1-4H3. The maximum absolute atomic E-state index is 2.50. The van der Waals surface area contributed by atoms with Crippen molar-refractivity contribution in [2.45, 2.75) is 38.5 Å². The van der Waals surface area contributed by atoms with Gasteiger partial charge in [0, 0.05) is 10.8 Å². The van der Waals surface area contributed by atoms with Crippen LogP contribution in [0.1, 0.15) is 49.9 Å². The molecule has 0 unspecified atom stereocenters. The average Bonchev–Trinajstić information content (AvgIpc) is 3.42. The summed E-state index contributed by atoms with van der Waals surface area (Å²) in [6.07, 6.45) is 0. The van der Waals surface area contributed by atoms with E-state index in [1.54, 1.807) is 0 Å². The second kappa shape index (κ2) is 8.80. The van der Waals surface area contributed by atoms with E-state index in [0.29, 0.717) is 0 Å². The Morgan fingerprint density at radius 2 is 0.705 bits per heavy atom. The summed E-state index contributed by atoms with van der Waals surface area (Å²) >= 11 is 0. The van der Waals surface area contributed by atoms with Crippen molar-refractivity contribution in [1.29, 1.82) is 0 Å². The molecule has 0 aliphatic heterocycles. The van der Waals surface area contributed by atoms with Crippen LogP contribution in [-0.2, 0) is 10.8 Å². The molecule has 0 saturated heterocycles. The lowest BCUT2D eigenvalue weighted by Gasteiger charge is -2.24. The number of fused-ring (bicyclic) bond motifs is 8. The highest BCUT2D eigenvalue weighted by Crippen LogP contribution is 2.56.